The van der Waals surface area contributed by atoms with Crippen LogP contribution in [0.25, 0.3) is 0 Å². The molecule has 0 aliphatic heterocycles. The quantitative estimate of drug-likeness (QED) is 0.710. The predicted octanol–water partition coefficient (Wildman–Crippen LogP) is 3.01. The molecule has 0 aliphatic carbocycles. The summed E-state index contributed by atoms with van der Waals surface area (Å²) >= 11 is 9.17. The lowest BCUT2D eigenvalue weighted by atomic mass is 10.2. The third-order valence-electron chi connectivity index (χ3n) is 3.25. The molecular weight excluding hydrogens is 434 g/mol. The molecule has 1 heterocycles. The zero-order valence-electron chi connectivity index (χ0n) is 13.6. The second-order valence-electron chi connectivity index (χ2n) is 5.10. The van der Waals surface area contributed by atoms with E-state index in [9.17, 15) is 13.2 Å². The molecule has 2 rings (SSSR count). The highest BCUT2D eigenvalue weighted by molar-refractivity contribution is 9.10. The Balaban J connectivity index is 2.44. The van der Waals surface area contributed by atoms with Crippen LogP contribution in [0.4, 0.5) is 5.69 Å². The number of amides is 1. The Bertz CT molecular complexity index is 919. The number of aromatic nitrogens is 1. The van der Waals surface area contributed by atoms with Crippen LogP contribution in [0.15, 0.2) is 39.8 Å². The number of nitrogens with one attached hydrogen (secondary N) is 1. The molecule has 1 N–H and O–H groups in total. The van der Waals surface area contributed by atoms with Crippen LogP contribution in [0.2, 0.25) is 5.15 Å². The Morgan fingerprint density at radius 2 is 2.00 bits per heavy atom. The van der Waals surface area contributed by atoms with Crippen molar-refractivity contribution in [3.63, 3.8) is 0 Å². The van der Waals surface area contributed by atoms with E-state index in [4.69, 9.17) is 16.3 Å². The van der Waals surface area contributed by atoms with Crippen LogP contribution in [0.5, 0.6) is 5.75 Å². The number of hydrogen-bond acceptors (Lipinski definition) is 5. The molecule has 0 radical (unpaired) electrons. The standard InChI is InChI=1S/C15H15BrClN3O4S/c1-20(2)25(22,23)10-4-5-13(24-3)12(7-10)19-15(21)11-6-9(16)8-18-14(11)17/h4-8H,1-3H3,(H,19,21). The number of carbonyl (C=O) groups excluding carboxylic acids is 1. The third kappa shape index (κ3) is 4.30. The molecule has 1 aromatic heterocycles. The molecule has 1 aromatic carbocycles. The van der Waals surface area contributed by atoms with Gasteiger partial charge in [0.1, 0.15) is 10.9 Å². The van der Waals surface area contributed by atoms with Crippen molar-refractivity contribution >= 4 is 49.1 Å². The predicted molar refractivity (Wildman–Crippen MR) is 98.8 cm³/mol. The first-order chi connectivity index (χ1) is 11.7. The molecule has 0 unspecified atom stereocenters. The summed E-state index contributed by atoms with van der Waals surface area (Å²) in [6.07, 6.45) is 1.46. The number of benzene rings is 1. The highest BCUT2D eigenvalue weighted by Gasteiger charge is 2.21. The molecule has 2 aromatic rings. The minimum atomic E-state index is -3.66. The van der Waals surface area contributed by atoms with Crippen LogP contribution >= 0.6 is 27.5 Å². The van der Waals surface area contributed by atoms with Crippen molar-refractivity contribution in [3.8, 4) is 5.75 Å². The molecule has 0 aliphatic rings. The first-order valence-corrected chi connectivity index (χ1v) is 9.51. The maximum Gasteiger partial charge on any atom is 0.258 e. The van der Waals surface area contributed by atoms with Gasteiger partial charge in [0, 0.05) is 24.8 Å². The van der Waals surface area contributed by atoms with Gasteiger partial charge in [-0.2, -0.15) is 0 Å². The average Bonchev–Trinajstić information content (AvgIpc) is 2.56. The molecule has 10 heteroatoms. The second-order valence-corrected chi connectivity index (χ2v) is 8.52. The largest absolute Gasteiger partial charge is 0.495 e. The van der Waals surface area contributed by atoms with Crippen LogP contribution in [-0.2, 0) is 10.0 Å². The zero-order valence-corrected chi connectivity index (χ0v) is 16.7. The van der Waals surface area contributed by atoms with Crippen LogP contribution < -0.4 is 10.1 Å². The summed E-state index contributed by atoms with van der Waals surface area (Å²) in [6, 6.07) is 5.70. The van der Waals surface area contributed by atoms with Gasteiger partial charge in [-0.1, -0.05) is 11.6 Å². The van der Waals surface area contributed by atoms with Gasteiger partial charge < -0.3 is 10.1 Å². The van der Waals surface area contributed by atoms with Crippen LogP contribution in [0, 0.1) is 0 Å². The van der Waals surface area contributed by atoms with Crippen molar-refractivity contribution in [3.05, 3.63) is 45.7 Å². The number of nitrogens with zero attached hydrogens (tertiary/aromatic N) is 2. The number of halogens is 2. The summed E-state index contributed by atoms with van der Waals surface area (Å²) < 4.78 is 31.4. The lowest BCUT2D eigenvalue weighted by Gasteiger charge is -2.15. The number of carbonyl (C=O) groups is 1. The molecule has 0 saturated carbocycles. The van der Waals surface area contributed by atoms with Crippen molar-refractivity contribution in [1.29, 1.82) is 0 Å². The summed E-state index contributed by atoms with van der Waals surface area (Å²) in [5.41, 5.74) is 0.338. The first kappa shape index (κ1) is 19.6. The molecule has 0 fully saturated rings. The Morgan fingerprint density at radius 3 is 2.60 bits per heavy atom. The van der Waals surface area contributed by atoms with Crippen LogP contribution in [0.1, 0.15) is 10.4 Å². The molecule has 134 valence electrons. The highest BCUT2D eigenvalue weighted by Crippen LogP contribution is 2.29. The van der Waals surface area contributed by atoms with Gasteiger partial charge in [-0.25, -0.2) is 17.7 Å². The van der Waals surface area contributed by atoms with E-state index in [1.807, 2.05) is 0 Å². The van der Waals surface area contributed by atoms with Gasteiger partial charge in [0.2, 0.25) is 10.0 Å². The number of ether oxygens (including phenoxy) is 1. The monoisotopic (exact) mass is 447 g/mol. The molecule has 7 nitrogen and oxygen atoms in total. The third-order valence-corrected chi connectivity index (χ3v) is 5.79. The van der Waals surface area contributed by atoms with Crippen molar-refractivity contribution < 1.29 is 17.9 Å². The van der Waals surface area contributed by atoms with Crippen molar-refractivity contribution in [1.82, 2.24) is 9.29 Å². The van der Waals surface area contributed by atoms with Gasteiger partial charge in [0.05, 0.1) is 23.3 Å². The highest BCUT2D eigenvalue weighted by atomic mass is 79.9. The van der Waals surface area contributed by atoms with Crippen molar-refractivity contribution in [2.24, 2.45) is 0 Å². The number of rotatable bonds is 5. The lowest BCUT2D eigenvalue weighted by Crippen LogP contribution is -2.22. The Labute approximate surface area is 159 Å². The van der Waals surface area contributed by atoms with Gasteiger partial charge in [-0.15, -0.1) is 0 Å². The maximum atomic E-state index is 12.5. The number of methoxy groups -OCH3 is 1. The lowest BCUT2D eigenvalue weighted by molar-refractivity contribution is 0.102. The molecule has 1 amide bonds. The number of sulfonamides is 1. The molecule has 0 atom stereocenters. The van der Waals surface area contributed by atoms with Gasteiger partial charge in [-0.3, -0.25) is 4.79 Å². The Kier molecular flexibility index (Phi) is 6.04. The van der Waals surface area contributed by atoms with Gasteiger partial charge in [0.25, 0.3) is 5.91 Å². The summed E-state index contributed by atoms with van der Waals surface area (Å²) in [7, 11) is 0.599. The summed E-state index contributed by atoms with van der Waals surface area (Å²) in [5.74, 6) is -0.235. The summed E-state index contributed by atoms with van der Waals surface area (Å²) in [4.78, 5) is 16.4. The molecule has 0 spiro atoms. The molecule has 25 heavy (non-hydrogen) atoms. The minimum Gasteiger partial charge on any atom is -0.495 e. The fraction of sp³-hybridized carbons (Fsp3) is 0.200. The maximum absolute atomic E-state index is 12.5. The number of anilines is 1. The van der Waals surface area contributed by atoms with Gasteiger partial charge >= 0.3 is 0 Å². The van der Waals surface area contributed by atoms with Crippen molar-refractivity contribution in [2.45, 2.75) is 4.90 Å². The normalized spacial score (nSPS) is 11.4. The molecule has 0 bridgehead atoms. The van der Waals surface area contributed by atoms with E-state index in [0.29, 0.717) is 10.2 Å². The fourth-order valence-corrected chi connectivity index (χ4v) is 3.38. The van der Waals surface area contributed by atoms with E-state index in [1.54, 1.807) is 0 Å². The van der Waals surface area contributed by atoms with E-state index in [1.165, 1.54) is 51.7 Å². The van der Waals surface area contributed by atoms with E-state index in [0.717, 1.165) is 4.31 Å². The van der Waals surface area contributed by atoms with Gasteiger partial charge in [0.15, 0.2) is 0 Å². The number of pyridine rings is 1. The first-order valence-electron chi connectivity index (χ1n) is 6.89. The topological polar surface area (TPSA) is 88.6 Å². The van der Waals surface area contributed by atoms with E-state index in [-0.39, 0.29) is 21.3 Å². The zero-order chi connectivity index (χ0) is 18.8. The van der Waals surface area contributed by atoms with E-state index < -0.39 is 15.9 Å². The van der Waals surface area contributed by atoms with Crippen LogP contribution in [0.3, 0.4) is 0 Å². The summed E-state index contributed by atoms with van der Waals surface area (Å²) in [6.45, 7) is 0. The van der Waals surface area contributed by atoms with E-state index in [2.05, 4.69) is 26.2 Å². The minimum absolute atomic E-state index is 0.0204. The Hall–Kier alpha value is -1.68. The van der Waals surface area contributed by atoms with Crippen LogP contribution in [-0.4, -0.2) is 44.8 Å². The SMILES string of the molecule is COc1ccc(S(=O)(=O)N(C)C)cc1NC(=O)c1cc(Br)cnc1Cl. The fourth-order valence-electron chi connectivity index (χ4n) is 1.93. The second kappa shape index (κ2) is 7.69. The van der Waals surface area contributed by atoms with Crippen molar-refractivity contribution in [2.75, 3.05) is 26.5 Å². The van der Waals surface area contributed by atoms with E-state index >= 15 is 0 Å². The molecule has 0 saturated heterocycles. The number of hydrogen-bond donors (Lipinski definition) is 1. The average molecular weight is 449 g/mol. The van der Waals surface area contributed by atoms with Gasteiger partial charge in [-0.05, 0) is 40.2 Å². The summed E-state index contributed by atoms with van der Waals surface area (Å²) in [5, 5.41) is 2.63. The Morgan fingerprint density at radius 1 is 1.32 bits per heavy atom. The molecular formula is C15H15BrClN3O4S. The smallest absolute Gasteiger partial charge is 0.258 e.